The molecule has 0 unspecified atom stereocenters. The average molecular weight is 434 g/mol. The first-order valence-corrected chi connectivity index (χ1v) is 10.9. The Kier molecular flexibility index (Phi) is 7.76. The van der Waals surface area contributed by atoms with Crippen LogP contribution in [0.5, 0.6) is 0 Å². The summed E-state index contributed by atoms with van der Waals surface area (Å²) in [7, 11) is 0. The smallest absolute Gasteiger partial charge is 0.392 e. The number of aliphatic hydroxyl groups is 1. The Balaban J connectivity index is 1.74. The van der Waals surface area contributed by atoms with E-state index in [0.717, 1.165) is 55.2 Å². The number of alkyl halides is 3. The third kappa shape index (κ3) is 5.88. The molecule has 0 saturated heterocycles. The zero-order chi connectivity index (χ0) is 22.4. The molecule has 31 heavy (non-hydrogen) atoms. The molecule has 1 aliphatic carbocycles. The van der Waals surface area contributed by atoms with E-state index in [-0.39, 0.29) is 19.1 Å². The average Bonchev–Trinajstić information content (AvgIpc) is 2.78. The lowest BCUT2D eigenvalue weighted by molar-refractivity contribution is -0.138. The van der Waals surface area contributed by atoms with Crippen LogP contribution in [0.1, 0.15) is 85.3 Å². The number of halogens is 3. The molecule has 0 radical (unpaired) electrons. The Morgan fingerprint density at radius 2 is 1.81 bits per heavy atom. The standard InChI is InChI=1S/C25H30F3NO2/c1-3-19-14-21(10-11-22(19)15-30)17(2)29-31-16-18-9-12-23(20-7-5-4-6-8-20)24(13-18)25(26,27)28/h9-14,20,30H,3-8,15-16H2,1-2H3/b29-17-. The summed E-state index contributed by atoms with van der Waals surface area (Å²) < 4.78 is 41.1. The highest BCUT2D eigenvalue weighted by molar-refractivity contribution is 5.98. The molecule has 0 bridgehead atoms. The van der Waals surface area contributed by atoms with Gasteiger partial charge in [-0.25, -0.2) is 0 Å². The second-order valence-corrected chi connectivity index (χ2v) is 8.20. The number of benzene rings is 2. The third-order valence-electron chi connectivity index (χ3n) is 6.08. The van der Waals surface area contributed by atoms with Crippen molar-refractivity contribution < 1.29 is 23.1 Å². The van der Waals surface area contributed by atoms with Gasteiger partial charge in [0.05, 0.1) is 17.9 Å². The molecule has 1 N–H and O–H groups in total. The first kappa shape index (κ1) is 23.3. The largest absolute Gasteiger partial charge is 0.416 e. The molecule has 3 rings (SSSR count). The minimum Gasteiger partial charge on any atom is -0.392 e. The van der Waals surface area contributed by atoms with Gasteiger partial charge in [-0.1, -0.05) is 55.6 Å². The lowest BCUT2D eigenvalue weighted by Crippen LogP contribution is -2.15. The molecule has 0 atom stereocenters. The summed E-state index contributed by atoms with van der Waals surface area (Å²) >= 11 is 0. The van der Waals surface area contributed by atoms with E-state index in [0.29, 0.717) is 16.8 Å². The van der Waals surface area contributed by atoms with E-state index >= 15 is 0 Å². The second kappa shape index (κ2) is 10.3. The number of aryl methyl sites for hydroxylation is 1. The van der Waals surface area contributed by atoms with E-state index in [2.05, 4.69) is 5.16 Å². The van der Waals surface area contributed by atoms with Crippen LogP contribution in [-0.2, 0) is 30.6 Å². The van der Waals surface area contributed by atoms with E-state index in [1.165, 1.54) is 6.07 Å². The van der Waals surface area contributed by atoms with Crippen molar-refractivity contribution >= 4 is 5.71 Å². The zero-order valence-corrected chi connectivity index (χ0v) is 18.1. The van der Waals surface area contributed by atoms with Crippen LogP contribution in [-0.4, -0.2) is 10.8 Å². The van der Waals surface area contributed by atoms with E-state index in [1.807, 2.05) is 25.1 Å². The van der Waals surface area contributed by atoms with Crippen LogP contribution in [0.3, 0.4) is 0 Å². The molecule has 1 aliphatic rings. The molecule has 0 aliphatic heterocycles. The number of nitrogens with zero attached hydrogens (tertiary/aromatic N) is 1. The number of aliphatic hydroxyl groups excluding tert-OH is 1. The second-order valence-electron chi connectivity index (χ2n) is 8.20. The van der Waals surface area contributed by atoms with Gasteiger partial charge >= 0.3 is 6.18 Å². The Morgan fingerprint density at radius 1 is 1.06 bits per heavy atom. The quantitative estimate of drug-likeness (QED) is 0.388. The number of hydrogen-bond acceptors (Lipinski definition) is 3. The molecule has 1 saturated carbocycles. The maximum Gasteiger partial charge on any atom is 0.416 e. The number of hydrogen-bond donors (Lipinski definition) is 1. The Bertz CT molecular complexity index is 915. The molecule has 0 aromatic heterocycles. The van der Waals surface area contributed by atoms with Crippen molar-refractivity contribution in [3.05, 3.63) is 69.8 Å². The number of rotatable bonds is 7. The van der Waals surface area contributed by atoms with Gasteiger partial charge in [0.1, 0.15) is 6.61 Å². The fourth-order valence-corrected chi connectivity index (χ4v) is 4.30. The summed E-state index contributed by atoms with van der Waals surface area (Å²) in [5, 5.41) is 13.5. The molecule has 2 aromatic carbocycles. The van der Waals surface area contributed by atoms with E-state index in [1.54, 1.807) is 19.1 Å². The maximum atomic E-state index is 13.7. The molecule has 2 aromatic rings. The van der Waals surface area contributed by atoms with Crippen molar-refractivity contribution in [2.75, 3.05) is 0 Å². The van der Waals surface area contributed by atoms with Gasteiger partial charge in [-0.05, 0) is 72.1 Å². The van der Waals surface area contributed by atoms with Crippen LogP contribution < -0.4 is 0 Å². The fraction of sp³-hybridized carbons (Fsp3) is 0.480. The van der Waals surface area contributed by atoms with Crippen LogP contribution in [0, 0.1) is 0 Å². The minimum atomic E-state index is -4.38. The predicted octanol–water partition coefficient (Wildman–Crippen LogP) is 6.75. The summed E-state index contributed by atoms with van der Waals surface area (Å²) in [4.78, 5) is 5.39. The van der Waals surface area contributed by atoms with Crippen molar-refractivity contribution in [2.24, 2.45) is 5.16 Å². The van der Waals surface area contributed by atoms with Gasteiger partial charge in [-0.15, -0.1) is 0 Å². The lowest BCUT2D eigenvalue weighted by Gasteiger charge is -2.25. The van der Waals surface area contributed by atoms with Crippen molar-refractivity contribution in [1.82, 2.24) is 0 Å². The molecule has 6 heteroatoms. The normalized spacial score (nSPS) is 15.9. The maximum absolute atomic E-state index is 13.7. The monoisotopic (exact) mass is 433 g/mol. The first-order chi connectivity index (χ1) is 14.8. The molecular weight excluding hydrogens is 403 g/mol. The van der Waals surface area contributed by atoms with Gasteiger partial charge in [0.2, 0.25) is 0 Å². The topological polar surface area (TPSA) is 41.8 Å². The Labute approximate surface area is 181 Å². The lowest BCUT2D eigenvalue weighted by atomic mass is 9.81. The van der Waals surface area contributed by atoms with Crippen LogP contribution in [0.2, 0.25) is 0 Å². The predicted molar refractivity (Wildman–Crippen MR) is 116 cm³/mol. The zero-order valence-electron chi connectivity index (χ0n) is 18.1. The highest BCUT2D eigenvalue weighted by Crippen LogP contribution is 2.41. The van der Waals surface area contributed by atoms with Crippen molar-refractivity contribution in [3.8, 4) is 0 Å². The Hall–Kier alpha value is -2.34. The molecule has 1 fully saturated rings. The van der Waals surface area contributed by atoms with E-state index in [4.69, 9.17) is 4.84 Å². The summed E-state index contributed by atoms with van der Waals surface area (Å²) in [5.41, 5.74) is 3.71. The van der Waals surface area contributed by atoms with Gasteiger partial charge in [0, 0.05) is 0 Å². The van der Waals surface area contributed by atoms with E-state index < -0.39 is 11.7 Å². The van der Waals surface area contributed by atoms with Gasteiger partial charge in [0.15, 0.2) is 0 Å². The van der Waals surface area contributed by atoms with Crippen LogP contribution >= 0.6 is 0 Å². The minimum absolute atomic E-state index is 0.0183. The highest BCUT2D eigenvalue weighted by atomic mass is 19.4. The van der Waals surface area contributed by atoms with Gasteiger partial charge < -0.3 is 9.94 Å². The summed E-state index contributed by atoms with van der Waals surface area (Å²) in [5.74, 6) is -0.0183. The van der Waals surface area contributed by atoms with Crippen molar-refractivity contribution in [3.63, 3.8) is 0 Å². The molecule has 168 valence electrons. The first-order valence-electron chi connectivity index (χ1n) is 10.9. The van der Waals surface area contributed by atoms with Crippen LogP contribution in [0.15, 0.2) is 41.6 Å². The highest BCUT2D eigenvalue weighted by Gasteiger charge is 2.35. The van der Waals surface area contributed by atoms with Gasteiger partial charge in [-0.2, -0.15) is 13.2 Å². The van der Waals surface area contributed by atoms with Crippen LogP contribution in [0.4, 0.5) is 13.2 Å². The molecule has 3 nitrogen and oxygen atoms in total. The number of oxime groups is 1. The summed E-state index contributed by atoms with van der Waals surface area (Å²) in [6.07, 6.45) is 1.11. The van der Waals surface area contributed by atoms with Crippen molar-refractivity contribution in [2.45, 2.75) is 77.7 Å². The van der Waals surface area contributed by atoms with E-state index in [9.17, 15) is 18.3 Å². The molecular formula is C25H30F3NO2. The molecule has 0 heterocycles. The van der Waals surface area contributed by atoms with Gasteiger partial charge in [-0.3, -0.25) is 0 Å². The SMILES string of the molecule is CCc1cc(/C(C)=N\OCc2ccc(C3CCCCC3)c(C(F)(F)F)c2)ccc1CO. The van der Waals surface area contributed by atoms with Crippen molar-refractivity contribution in [1.29, 1.82) is 0 Å². The molecule has 0 amide bonds. The van der Waals surface area contributed by atoms with Gasteiger partial charge in [0.25, 0.3) is 0 Å². The molecule has 0 spiro atoms. The third-order valence-corrected chi connectivity index (χ3v) is 6.08. The summed E-state index contributed by atoms with van der Waals surface area (Å²) in [6.45, 7) is 3.76. The summed E-state index contributed by atoms with van der Waals surface area (Å²) in [6, 6.07) is 10.2. The fourth-order valence-electron chi connectivity index (χ4n) is 4.30. The van der Waals surface area contributed by atoms with Crippen LogP contribution in [0.25, 0.3) is 0 Å². The Morgan fingerprint density at radius 3 is 2.45 bits per heavy atom.